The molecular weight excluding hydrogens is 386 g/mol. The number of rotatable bonds is 6. The quantitative estimate of drug-likeness (QED) is 0.474. The number of benzene rings is 2. The zero-order chi connectivity index (χ0) is 21.4. The van der Waals surface area contributed by atoms with Crippen LogP contribution in [0.15, 0.2) is 48.5 Å². The summed E-state index contributed by atoms with van der Waals surface area (Å²) in [6.45, 7) is 5.40. The molecule has 2 heterocycles. The molecule has 0 atom stereocenters. The van der Waals surface area contributed by atoms with Gasteiger partial charge in [-0.15, -0.1) is 5.10 Å². The first-order chi connectivity index (χ1) is 15.1. The molecule has 1 amide bonds. The summed E-state index contributed by atoms with van der Waals surface area (Å²) in [5, 5.41) is 13.6. The van der Waals surface area contributed by atoms with Gasteiger partial charge in [-0.1, -0.05) is 48.4 Å². The topological polar surface area (TPSA) is 63.4 Å². The van der Waals surface area contributed by atoms with E-state index >= 15 is 0 Å². The van der Waals surface area contributed by atoms with Gasteiger partial charge in [0.25, 0.3) is 0 Å². The van der Waals surface area contributed by atoms with E-state index in [1.165, 1.54) is 11.1 Å². The average molecular weight is 414 g/mol. The second kappa shape index (κ2) is 8.10. The Morgan fingerprint density at radius 3 is 2.68 bits per heavy atom. The number of nitrogens with zero attached hydrogens (tertiary/aromatic N) is 5. The Hall–Kier alpha value is -3.28. The van der Waals surface area contributed by atoms with Gasteiger partial charge in [0.1, 0.15) is 0 Å². The highest BCUT2D eigenvalue weighted by atomic mass is 16.2. The molecule has 1 fully saturated rings. The largest absolute Gasteiger partial charge is 0.338 e. The molecule has 2 aromatic carbocycles. The van der Waals surface area contributed by atoms with Gasteiger partial charge in [0.2, 0.25) is 5.91 Å². The maximum atomic E-state index is 13.3. The summed E-state index contributed by atoms with van der Waals surface area (Å²) in [6.07, 6.45) is 3.99. The third-order valence-electron chi connectivity index (χ3n) is 6.41. The van der Waals surface area contributed by atoms with Crippen molar-refractivity contribution >= 4 is 22.5 Å². The highest BCUT2D eigenvalue weighted by molar-refractivity contribution is 5.87. The van der Waals surface area contributed by atoms with Crippen LogP contribution in [0.2, 0.25) is 0 Å². The molecule has 4 aromatic rings. The van der Waals surface area contributed by atoms with E-state index in [1.54, 1.807) is 0 Å². The molecule has 0 saturated heterocycles. The van der Waals surface area contributed by atoms with E-state index in [-0.39, 0.29) is 11.8 Å². The van der Waals surface area contributed by atoms with Crippen molar-refractivity contribution in [1.29, 1.82) is 0 Å². The van der Waals surface area contributed by atoms with Gasteiger partial charge in [0, 0.05) is 30.0 Å². The van der Waals surface area contributed by atoms with Crippen molar-refractivity contribution in [3.63, 3.8) is 0 Å². The number of fused-ring (bicyclic) bond motifs is 3. The van der Waals surface area contributed by atoms with Crippen molar-refractivity contribution in [3.05, 3.63) is 70.8 Å². The fourth-order valence-corrected chi connectivity index (χ4v) is 4.59. The molecule has 6 nitrogen and oxygen atoms in total. The lowest BCUT2D eigenvalue weighted by Crippen LogP contribution is -2.39. The molecule has 0 bridgehead atoms. The van der Waals surface area contributed by atoms with E-state index in [2.05, 4.69) is 59.7 Å². The predicted molar refractivity (Wildman–Crippen MR) is 121 cm³/mol. The molecule has 1 saturated carbocycles. The molecule has 0 radical (unpaired) electrons. The Labute approximate surface area is 181 Å². The third kappa shape index (κ3) is 3.78. The number of amides is 1. The molecule has 1 aliphatic carbocycles. The number of carbonyl (C=O) groups excluding carboxylic acids is 1. The Balaban J connectivity index is 1.51. The van der Waals surface area contributed by atoms with Crippen LogP contribution in [-0.2, 0) is 17.8 Å². The van der Waals surface area contributed by atoms with Gasteiger partial charge in [-0.05, 0) is 66.8 Å². The average Bonchev–Trinajstić information content (AvgIpc) is 3.19. The van der Waals surface area contributed by atoms with Crippen molar-refractivity contribution in [2.45, 2.75) is 46.1 Å². The number of pyridine rings is 1. The normalized spacial score (nSPS) is 14.1. The Morgan fingerprint density at radius 2 is 1.94 bits per heavy atom. The van der Waals surface area contributed by atoms with Crippen LogP contribution in [0.5, 0.6) is 0 Å². The van der Waals surface area contributed by atoms with Gasteiger partial charge < -0.3 is 4.90 Å². The predicted octanol–water partition coefficient (Wildman–Crippen LogP) is 4.27. The first-order valence-corrected chi connectivity index (χ1v) is 11.0. The van der Waals surface area contributed by atoms with Crippen molar-refractivity contribution < 1.29 is 4.79 Å². The highest BCUT2D eigenvalue weighted by Crippen LogP contribution is 2.30. The summed E-state index contributed by atoms with van der Waals surface area (Å²) >= 11 is 0. The van der Waals surface area contributed by atoms with E-state index in [4.69, 9.17) is 0 Å². The van der Waals surface area contributed by atoms with Crippen molar-refractivity contribution in [1.82, 2.24) is 24.9 Å². The van der Waals surface area contributed by atoms with Crippen LogP contribution < -0.4 is 0 Å². The molecular formula is C25H27N5O. The van der Waals surface area contributed by atoms with Gasteiger partial charge in [-0.3, -0.25) is 4.79 Å². The lowest BCUT2D eigenvalue weighted by molar-refractivity contribution is -0.138. The van der Waals surface area contributed by atoms with Crippen LogP contribution in [-0.4, -0.2) is 37.4 Å². The molecule has 0 spiro atoms. The molecule has 0 N–H and O–H groups in total. The summed E-state index contributed by atoms with van der Waals surface area (Å²) < 4.78 is 1.82. The minimum Gasteiger partial charge on any atom is -0.338 e. The number of tetrazole rings is 1. The van der Waals surface area contributed by atoms with Gasteiger partial charge in [-0.25, -0.2) is 0 Å². The number of hydrogen-bond donors (Lipinski definition) is 0. The Kier molecular flexibility index (Phi) is 5.14. The minimum absolute atomic E-state index is 0.160. The number of hydrogen-bond acceptors (Lipinski definition) is 4. The van der Waals surface area contributed by atoms with Crippen molar-refractivity contribution in [3.8, 4) is 0 Å². The summed E-state index contributed by atoms with van der Waals surface area (Å²) in [5.74, 6) is 0.418. The fraction of sp³-hybridized carbons (Fsp3) is 0.360. The summed E-state index contributed by atoms with van der Waals surface area (Å²) in [5.41, 5.74) is 6.33. The maximum Gasteiger partial charge on any atom is 0.225 e. The van der Waals surface area contributed by atoms with Gasteiger partial charge in [0.15, 0.2) is 5.65 Å². The molecule has 2 aromatic heterocycles. The Bertz CT molecular complexity index is 1240. The van der Waals surface area contributed by atoms with Crippen LogP contribution in [0.3, 0.4) is 0 Å². The number of aromatic nitrogens is 4. The summed E-state index contributed by atoms with van der Waals surface area (Å²) in [6, 6.07) is 16.8. The molecule has 5 rings (SSSR count). The Morgan fingerprint density at radius 1 is 1.13 bits per heavy atom. The monoisotopic (exact) mass is 413 g/mol. The summed E-state index contributed by atoms with van der Waals surface area (Å²) in [7, 11) is 0. The van der Waals surface area contributed by atoms with E-state index in [0.717, 1.165) is 53.4 Å². The fourth-order valence-electron chi connectivity index (χ4n) is 4.59. The number of aryl methyl sites for hydroxylation is 2. The third-order valence-corrected chi connectivity index (χ3v) is 6.41. The SMILES string of the molecule is Cc1cc(C)c2c(c1)cc(CN(CCc1ccccc1)C(=O)C1CCC1)c1nnnn12. The van der Waals surface area contributed by atoms with Crippen LogP contribution in [0.25, 0.3) is 16.6 Å². The van der Waals surface area contributed by atoms with E-state index in [1.807, 2.05) is 27.6 Å². The van der Waals surface area contributed by atoms with Gasteiger partial charge in [0.05, 0.1) is 5.52 Å². The first kappa shape index (κ1) is 19.7. The van der Waals surface area contributed by atoms with Crippen LogP contribution in [0.4, 0.5) is 0 Å². The second-order valence-electron chi connectivity index (χ2n) is 8.73. The van der Waals surface area contributed by atoms with E-state index in [9.17, 15) is 4.79 Å². The molecule has 0 aliphatic heterocycles. The molecule has 1 aliphatic rings. The van der Waals surface area contributed by atoms with Gasteiger partial charge >= 0.3 is 0 Å². The highest BCUT2D eigenvalue weighted by Gasteiger charge is 2.30. The second-order valence-corrected chi connectivity index (χ2v) is 8.73. The minimum atomic E-state index is 0.160. The van der Waals surface area contributed by atoms with Crippen LogP contribution in [0, 0.1) is 19.8 Å². The molecule has 6 heteroatoms. The van der Waals surface area contributed by atoms with E-state index in [0.29, 0.717) is 13.1 Å². The van der Waals surface area contributed by atoms with E-state index < -0.39 is 0 Å². The first-order valence-electron chi connectivity index (χ1n) is 11.0. The maximum absolute atomic E-state index is 13.3. The molecule has 31 heavy (non-hydrogen) atoms. The molecule has 158 valence electrons. The zero-order valence-corrected chi connectivity index (χ0v) is 18.1. The lowest BCUT2D eigenvalue weighted by Gasteiger charge is -2.32. The van der Waals surface area contributed by atoms with Gasteiger partial charge in [-0.2, -0.15) is 4.52 Å². The summed E-state index contributed by atoms with van der Waals surface area (Å²) in [4.78, 5) is 15.3. The smallest absolute Gasteiger partial charge is 0.225 e. The van der Waals surface area contributed by atoms with Crippen molar-refractivity contribution in [2.75, 3.05) is 6.54 Å². The zero-order valence-electron chi connectivity index (χ0n) is 18.1. The standard InChI is InChI=1S/C25H27N5O/c1-17-13-18(2)23-21(14-17)15-22(24-26-27-28-30(23)24)16-29(25(31)20-9-6-10-20)12-11-19-7-4-3-5-8-19/h3-5,7-8,13-15,20H,6,9-12,16H2,1-2H3. The van der Waals surface area contributed by atoms with Crippen molar-refractivity contribution in [2.24, 2.45) is 5.92 Å². The number of carbonyl (C=O) groups is 1. The van der Waals surface area contributed by atoms with Crippen LogP contribution in [0.1, 0.15) is 41.5 Å². The molecule has 0 unspecified atom stereocenters. The lowest BCUT2D eigenvalue weighted by atomic mass is 9.84. The van der Waals surface area contributed by atoms with Crippen LogP contribution >= 0.6 is 0 Å².